The van der Waals surface area contributed by atoms with Crippen LogP contribution in [0.2, 0.25) is 0 Å². The number of nitrogens with zero attached hydrogens (tertiary/aromatic N) is 1. The molecule has 2 aromatic carbocycles. The number of nitrogens with one attached hydrogen (secondary N) is 1. The number of fused-ring (bicyclic) bond motifs is 1. The lowest BCUT2D eigenvalue weighted by Gasteiger charge is -2.23. The second kappa shape index (κ2) is 9.57. The number of benzene rings is 2. The number of aromatic nitrogens is 1. The fourth-order valence-corrected chi connectivity index (χ4v) is 3.81. The Bertz CT molecular complexity index is 1160. The molecule has 0 aliphatic rings. The average Bonchev–Trinajstić information content (AvgIpc) is 2.73. The van der Waals surface area contributed by atoms with Crippen LogP contribution in [0.15, 0.2) is 53.3 Å². The summed E-state index contributed by atoms with van der Waals surface area (Å²) >= 11 is 0. The standard InChI is InChI=1S/C26H33N3O3/c1-17(2)16-29-22(15-28-25(31)32-26(3,4)5)23(19-9-7-6-8-10-19)21-13-18(14-27)11-12-20(21)24(29)30/h6-13,17H,14-16,27H2,1-5H3,(H,28,31). The summed E-state index contributed by atoms with van der Waals surface area (Å²) in [6.07, 6.45) is -0.518. The fourth-order valence-electron chi connectivity index (χ4n) is 3.81. The van der Waals surface area contributed by atoms with Gasteiger partial charge in [0.25, 0.3) is 5.56 Å². The maximum atomic E-state index is 13.5. The predicted molar refractivity (Wildman–Crippen MR) is 129 cm³/mol. The Labute approximate surface area is 189 Å². The first-order valence-corrected chi connectivity index (χ1v) is 11.0. The van der Waals surface area contributed by atoms with Crippen LogP contribution in [-0.2, 0) is 24.4 Å². The van der Waals surface area contributed by atoms with E-state index >= 15 is 0 Å². The summed E-state index contributed by atoms with van der Waals surface area (Å²) in [6.45, 7) is 10.7. The van der Waals surface area contributed by atoms with E-state index in [1.165, 1.54) is 0 Å². The number of hydrogen-bond acceptors (Lipinski definition) is 4. The Morgan fingerprint density at radius 2 is 1.78 bits per heavy atom. The molecule has 0 bridgehead atoms. The molecule has 3 aromatic rings. The highest BCUT2D eigenvalue weighted by atomic mass is 16.6. The van der Waals surface area contributed by atoms with Gasteiger partial charge in [0.15, 0.2) is 0 Å². The summed E-state index contributed by atoms with van der Waals surface area (Å²) in [5.74, 6) is 0.248. The number of rotatable bonds is 6. The van der Waals surface area contributed by atoms with Gasteiger partial charge in [-0.15, -0.1) is 0 Å². The molecule has 3 rings (SSSR count). The molecule has 6 nitrogen and oxygen atoms in total. The Balaban J connectivity index is 2.27. The zero-order valence-corrected chi connectivity index (χ0v) is 19.6. The van der Waals surface area contributed by atoms with Crippen molar-refractivity contribution in [1.82, 2.24) is 9.88 Å². The third kappa shape index (κ3) is 5.37. The van der Waals surface area contributed by atoms with Gasteiger partial charge in [-0.05, 0) is 55.3 Å². The smallest absolute Gasteiger partial charge is 0.407 e. The van der Waals surface area contributed by atoms with Crippen molar-refractivity contribution in [1.29, 1.82) is 0 Å². The summed E-state index contributed by atoms with van der Waals surface area (Å²) in [5.41, 5.74) is 8.82. The maximum absolute atomic E-state index is 13.5. The molecule has 1 amide bonds. The summed E-state index contributed by atoms with van der Waals surface area (Å²) in [4.78, 5) is 26.0. The number of alkyl carbamates (subject to hydrolysis) is 1. The topological polar surface area (TPSA) is 86.3 Å². The molecule has 3 N–H and O–H groups in total. The number of carbonyl (C=O) groups is 1. The lowest BCUT2D eigenvalue weighted by Crippen LogP contribution is -2.35. The average molecular weight is 436 g/mol. The molecule has 6 heteroatoms. The normalized spacial score (nSPS) is 11.7. The molecular weight excluding hydrogens is 402 g/mol. The van der Waals surface area contributed by atoms with Crippen LogP contribution < -0.4 is 16.6 Å². The second-order valence-corrected chi connectivity index (χ2v) is 9.44. The maximum Gasteiger partial charge on any atom is 0.407 e. The van der Waals surface area contributed by atoms with E-state index in [1.807, 2.05) is 69.3 Å². The Hall–Kier alpha value is -3.12. The van der Waals surface area contributed by atoms with Crippen molar-refractivity contribution < 1.29 is 9.53 Å². The van der Waals surface area contributed by atoms with Crippen molar-refractivity contribution in [3.8, 4) is 11.1 Å². The van der Waals surface area contributed by atoms with Crippen molar-refractivity contribution in [2.75, 3.05) is 0 Å². The zero-order chi connectivity index (χ0) is 23.5. The second-order valence-electron chi connectivity index (χ2n) is 9.44. The largest absolute Gasteiger partial charge is 0.444 e. The van der Waals surface area contributed by atoms with Gasteiger partial charge in [0.2, 0.25) is 0 Å². The lowest BCUT2D eigenvalue weighted by molar-refractivity contribution is 0.0522. The zero-order valence-electron chi connectivity index (χ0n) is 19.6. The first-order valence-electron chi connectivity index (χ1n) is 11.0. The molecule has 0 fully saturated rings. The third-order valence-corrected chi connectivity index (χ3v) is 5.09. The van der Waals surface area contributed by atoms with Crippen LogP contribution in [0.25, 0.3) is 21.9 Å². The quantitative estimate of drug-likeness (QED) is 0.582. The van der Waals surface area contributed by atoms with Crippen molar-refractivity contribution in [3.05, 3.63) is 70.1 Å². The Morgan fingerprint density at radius 1 is 1.09 bits per heavy atom. The molecule has 1 heterocycles. The van der Waals surface area contributed by atoms with Crippen LogP contribution in [-0.4, -0.2) is 16.3 Å². The van der Waals surface area contributed by atoms with E-state index in [0.717, 1.165) is 27.8 Å². The van der Waals surface area contributed by atoms with Crippen LogP contribution in [0, 0.1) is 5.92 Å². The van der Waals surface area contributed by atoms with Crippen LogP contribution in [0.4, 0.5) is 4.79 Å². The van der Waals surface area contributed by atoms with E-state index in [0.29, 0.717) is 18.5 Å². The summed E-state index contributed by atoms with van der Waals surface area (Å²) in [5, 5.41) is 4.33. The van der Waals surface area contributed by atoms with Gasteiger partial charge in [-0.1, -0.05) is 50.2 Å². The van der Waals surface area contributed by atoms with Gasteiger partial charge in [0.1, 0.15) is 5.60 Å². The molecule has 170 valence electrons. The van der Waals surface area contributed by atoms with Gasteiger partial charge in [0, 0.05) is 29.7 Å². The first kappa shape index (κ1) is 23.5. The van der Waals surface area contributed by atoms with Crippen molar-refractivity contribution >= 4 is 16.9 Å². The molecule has 0 spiro atoms. The minimum atomic E-state index is -0.608. The van der Waals surface area contributed by atoms with Gasteiger partial charge in [0.05, 0.1) is 6.54 Å². The van der Waals surface area contributed by atoms with Gasteiger partial charge in [-0.3, -0.25) is 4.79 Å². The number of hydrogen-bond donors (Lipinski definition) is 2. The molecular formula is C26H33N3O3. The van der Waals surface area contributed by atoms with Gasteiger partial charge in [-0.25, -0.2) is 4.79 Å². The molecule has 0 saturated heterocycles. The number of nitrogens with two attached hydrogens (primary N) is 1. The molecule has 1 aromatic heterocycles. The van der Waals surface area contributed by atoms with Gasteiger partial charge >= 0.3 is 6.09 Å². The summed E-state index contributed by atoms with van der Waals surface area (Å²) in [7, 11) is 0. The Morgan fingerprint density at radius 3 is 2.38 bits per heavy atom. The predicted octanol–water partition coefficient (Wildman–Crippen LogP) is 4.81. The molecule has 0 saturated carbocycles. The van der Waals surface area contributed by atoms with Gasteiger partial charge < -0.3 is 20.4 Å². The molecule has 0 aliphatic heterocycles. The lowest BCUT2D eigenvalue weighted by atomic mass is 9.95. The highest BCUT2D eigenvalue weighted by Gasteiger charge is 2.21. The van der Waals surface area contributed by atoms with E-state index in [4.69, 9.17) is 10.5 Å². The number of amides is 1. The molecule has 0 atom stereocenters. The van der Waals surface area contributed by atoms with Crippen molar-refractivity contribution in [2.45, 2.75) is 59.9 Å². The van der Waals surface area contributed by atoms with Crippen molar-refractivity contribution in [2.24, 2.45) is 11.7 Å². The molecule has 0 radical (unpaired) electrons. The summed E-state index contributed by atoms with van der Waals surface area (Å²) < 4.78 is 7.21. The summed E-state index contributed by atoms with van der Waals surface area (Å²) in [6, 6.07) is 15.7. The monoisotopic (exact) mass is 435 g/mol. The Kier molecular flexibility index (Phi) is 7.04. The molecule has 0 aliphatic carbocycles. The van der Waals surface area contributed by atoms with E-state index in [-0.39, 0.29) is 18.0 Å². The molecule has 32 heavy (non-hydrogen) atoms. The van der Waals surface area contributed by atoms with E-state index in [1.54, 1.807) is 4.57 Å². The van der Waals surface area contributed by atoms with E-state index in [2.05, 4.69) is 19.2 Å². The van der Waals surface area contributed by atoms with Crippen LogP contribution in [0.3, 0.4) is 0 Å². The number of pyridine rings is 1. The minimum Gasteiger partial charge on any atom is -0.444 e. The van der Waals surface area contributed by atoms with Crippen LogP contribution in [0.1, 0.15) is 45.9 Å². The highest BCUT2D eigenvalue weighted by molar-refractivity contribution is 5.97. The highest BCUT2D eigenvalue weighted by Crippen LogP contribution is 2.32. The van der Waals surface area contributed by atoms with E-state index in [9.17, 15) is 9.59 Å². The number of carbonyl (C=O) groups excluding carboxylic acids is 1. The van der Waals surface area contributed by atoms with Crippen molar-refractivity contribution in [3.63, 3.8) is 0 Å². The van der Waals surface area contributed by atoms with Crippen LogP contribution >= 0.6 is 0 Å². The fraction of sp³-hybridized carbons (Fsp3) is 0.385. The third-order valence-electron chi connectivity index (χ3n) is 5.09. The first-order chi connectivity index (χ1) is 15.1. The molecule has 0 unspecified atom stereocenters. The SMILES string of the molecule is CC(C)Cn1c(CNC(=O)OC(C)(C)C)c(-c2ccccc2)c2cc(CN)ccc2c1=O. The van der Waals surface area contributed by atoms with Crippen LogP contribution in [0.5, 0.6) is 0 Å². The minimum absolute atomic E-state index is 0.0714. The van der Waals surface area contributed by atoms with E-state index < -0.39 is 11.7 Å². The number of ether oxygens (including phenoxy) is 1. The van der Waals surface area contributed by atoms with Gasteiger partial charge in [-0.2, -0.15) is 0 Å².